The Kier molecular flexibility index (Phi) is 5.92. The van der Waals surface area contributed by atoms with Crippen LogP contribution in [0.1, 0.15) is 44.6 Å². The number of carbonyl (C=O) groups excluding carboxylic acids is 2. The first-order chi connectivity index (χ1) is 16.2. The van der Waals surface area contributed by atoms with Gasteiger partial charge >= 0.3 is 0 Å². The smallest absolute Gasteiger partial charge is 0.254 e. The number of carbonyl (C=O) groups is 2. The van der Waals surface area contributed by atoms with Crippen molar-refractivity contribution in [3.05, 3.63) is 101 Å². The van der Waals surface area contributed by atoms with E-state index in [1.165, 1.54) is 11.1 Å². The molecule has 0 N–H and O–H groups in total. The van der Waals surface area contributed by atoms with Gasteiger partial charge in [-0.25, -0.2) is 0 Å². The fourth-order valence-electron chi connectivity index (χ4n) is 5.10. The van der Waals surface area contributed by atoms with Gasteiger partial charge in [0.25, 0.3) is 5.91 Å². The topological polar surface area (TPSA) is 62.7 Å². The summed E-state index contributed by atoms with van der Waals surface area (Å²) in [5.41, 5.74) is 4.71. The highest BCUT2D eigenvalue weighted by Gasteiger charge is 2.45. The summed E-state index contributed by atoms with van der Waals surface area (Å²) in [5.74, 6) is -0.546. The van der Waals surface area contributed by atoms with E-state index in [-0.39, 0.29) is 11.8 Å². The molecule has 6 nitrogen and oxygen atoms in total. The van der Waals surface area contributed by atoms with E-state index in [9.17, 15) is 9.59 Å². The Labute approximate surface area is 193 Å². The molecule has 2 aromatic carbocycles. The van der Waals surface area contributed by atoms with Crippen LogP contribution in [-0.2, 0) is 22.5 Å². The molecule has 33 heavy (non-hydrogen) atoms. The zero-order valence-corrected chi connectivity index (χ0v) is 18.7. The Morgan fingerprint density at radius 2 is 1.85 bits per heavy atom. The van der Waals surface area contributed by atoms with Gasteiger partial charge < -0.3 is 14.5 Å². The number of rotatable bonds is 5. The maximum Gasteiger partial charge on any atom is 0.254 e. The first-order valence-electron chi connectivity index (χ1n) is 11.3. The van der Waals surface area contributed by atoms with Crippen molar-refractivity contribution in [1.29, 1.82) is 0 Å². The van der Waals surface area contributed by atoms with Gasteiger partial charge in [0.1, 0.15) is 0 Å². The first-order valence-corrected chi connectivity index (χ1v) is 11.3. The summed E-state index contributed by atoms with van der Waals surface area (Å²) < 4.78 is 5.31. The summed E-state index contributed by atoms with van der Waals surface area (Å²) in [4.78, 5) is 35.7. The predicted molar refractivity (Wildman–Crippen MR) is 125 cm³/mol. The lowest BCUT2D eigenvalue weighted by molar-refractivity contribution is -0.135. The highest BCUT2D eigenvalue weighted by molar-refractivity contribution is 6.01. The third-order valence-electron chi connectivity index (χ3n) is 6.71. The molecular formula is C27H27N3O3. The fraction of sp³-hybridized carbons (Fsp3) is 0.296. The molecule has 6 heteroatoms. The number of fused-ring (bicyclic) bond motifs is 2. The zero-order valence-electron chi connectivity index (χ0n) is 18.7. The van der Waals surface area contributed by atoms with Gasteiger partial charge in [-0.2, -0.15) is 0 Å². The van der Waals surface area contributed by atoms with E-state index in [2.05, 4.69) is 17.1 Å². The number of methoxy groups -OCH3 is 1. The number of nitrogens with zero attached hydrogens (tertiary/aromatic N) is 3. The molecule has 1 aromatic heterocycles. The summed E-state index contributed by atoms with van der Waals surface area (Å²) in [5, 5.41) is 0. The average molecular weight is 442 g/mol. The molecule has 3 aromatic rings. The lowest BCUT2D eigenvalue weighted by atomic mass is 9.79. The van der Waals surface area contributed by atoms with Gasteiger partial charge in [0.15, 0.2) is 0 Å². The van der Waals surface area contributed by atoms with Crippen molar-refractivity contribution in [3.63, 3.8) is 0 Å². The number of ether oxygens (including phenoxy) is 1. The second-order valence-corrected chi connectivity index (χ2v) is 8.57. The number of hydrogen-bond acceptors (Lipinski definition) is 4. The molecule has 2 atom stereocenters. The number of pyridine rings is 1. The van der Waals surface area contributed by atoms with E-state index in [0.29, 0.717) is 31.8 Å². The highest BCUT2D eigenvalue weighted by atomic mass is 16.5. The molecular weight excluding hydrogens is 414 g/mol. The van der Waals surface area contributed by atoms with Crippen molar-refractivity contribution in [1.82, 2.24) is 14.8 Å². The Bertz CT molecular complexity index is 1160. The van der Waals surface area contributed by atoms with E-state index in [1.54, 1.807) is 24.4 Å². The van der Waals surface area contributed by atoms with Crippen LogP contribution in [0.2, 0.25) is 0 Å². The van der Waals surface area contributed by atoms with E-state index in [4.69, 9.17) is 4.74 Å². The minimum Gasteiger partial charge on any atom is -0.383 e. The molecule has 0 radical (unpaired) electrons. The van der Waals surface area contributed by atoms with Crippen molar-refractivity contribution in [2.75, 3.05) is 26.8 Å². The van der Waals surface area contributed by atoms with Gasteiger partial charge in [-0.15, -0.1) is 0 Å². The van der Waals surface area contributed by atoms with Gasteiger partial charge in [0, 0.05) is 44.7 Å². The summed E-state index contributed by atoms with van der Waals surface area (Å²) in [7, 11) is 1.62. The summed E-state index contributed by atoms with van der Waals surface area (Å²) >= 11 is 0. The molecule has 0 saturated carbocycles. The summed E-state index contributed by atoms with van der Waals surface area (Å²) in [6.45, 7) is 2.04. The molecule has 0 aliphatic carbocycles. The first kappa shape index (κ1) is 21.3. The van der Waals surface area contributed by atoms with Crippen molar-refractivity contribution in [2.24, 2.45) is 0 Å². The molecule has 0 unspecified atom stereocenters. The second-order valence-electron chi connectivity index (χ2n) is 8.57. The third kappa shape index (κ3) is 3.91. The average Bonchev–Trinajstić information content (AvgIpc) is 2.88. The molecule has 2 aliphatic rings. The summed E-state index contributed by atoms with van der Waals surface area (Å²) in [6, 6.07) is 19.2. The molecule has 168 valence electrons. The van der Waals surface area contributed by atoms with Crippen molar-refractivity contribution < 1.29 is 14.3 Å². The Hall–Kier alpha value is -3.51. The number of aromatic nitrogens is 1. The SMILES string of the molecule is COCCN1C(=O)c2ccccc2[C@H](C(=O)N2CCc3ccccc3C2)[C@@H]1c1cccnc1. The van der Waals surface area contributed by atoms with Crippen LogP contribution in [0.15, 0.2) is 73.1 Å². The minimum atomic E-state index is -0.509. The van der Waals surface area contributed by atoms with Crippen molar-refractivity contribution >= 4 is 11.8 Å². The third-order valence-corrected chi connectivity index (χ3v) is 6.71. The van der Waals surface area contributed by atoms with Gasteiger partial charge in [0.2, 0.25) is 5.91 Å². The van der Waals surface area contributed by atoms with Crippen molar-refractivity contribution in [3.8, 4) is 0 Å². The van der Waals surface area contributed by atoms with Crippen LogP contribution >= 0.6 is 0 Å². The monoisotopic (exact) mass is 441 g/mol. The quantitative estimate of drug-likeness (QED) is 0.607. The molecule has 2 aliphatic heterocycles. The van der Waals surface area contributed by atoms with Gasteiger partial charge in [-0.3, -0.25) is 14.6 Å². The van der Waals surface area contributed by atoms with Crippen molar-refractivity contribution in [2.45, 2.75) is 24.9 Å². The Morgan fingerprint density at radius 3 is 2.64 bits per heavy atom. The van der Waals surface area contributed by atoms with Crippen LogP contribution in [0.4, 0.5) is 0 Å². The molecule has 3 heterocycles. The van der Waals surface area contributed by atoms with E-state index >= 15 is 0 Å². The van der Waals surface area contributed by atoms with E-state index in [1.807, 2.05) is 53.4 Å². The number of benzene rings is 2. The Balaban J connectivity index is 1.59. The maximum absolute atomic E-state index is 14.2. The van der Waals surface area contributed by atoms with Crippen LogP contribution in [0, 0.1) is 0 Å². The Morgan fingerprint density at radius 1 is 1.06 bits per heavy atom. The van der Waals surface area contributed by atoms with Gasteiger partial charge in [0.05, 0.1) is 18.6 Å². The summed E-state index contributed by atoms with van der Waals surface area (Å²) in [6.07, 6.45) is 4.30. The van der Waals surface area contributed by atoms with E-state index < -0.39 is 12.0 Å². The molecule has 2 amide bonds. The zero-order chi connectivity index (χ0) is 22.8. The predicted octanol–water partition coefficient (Wildman–Crippen LogP) is 3.59. The normalized spacial score (nSPS) is 19.7. The van der Waals surface area contributed by atoms with Gasteiger partial charge in [-0.1, -0.05) is 48.5 Å². The van der Waals surface area contributed by atoms with Gasteiger partial charge in [-0.05, 0) is 40.8 Å². The van der Waals surface area contributed by atoms with Crippen LogP contribution in [-0.4, -0.2) is 53.4 Å². The lowest BCUT2D eigenvalue weighted by Gasteiger charge is -2.43. The minimum absolute atomic E-state index is 0.0423. The second kappa shape index (κ2) is 9.16. The largest absolute Gasteiger partial charge is 0.383 e. The maximum atomic E-state index is 14.2. The number of hydrogen-bond donors (Lipinski definition) is 0. The van der Waals surface area contributed by atoms with Crippen LogP contribution in [0.25, 0.3) is 0 Å². The molecule has 0 saturated heterocycles. The highest BCUT2D eigenvalue weighted by Crippen LogP contribution is 2.43. The number of amides is 2. The van der Waals surface area contributed by atoms with Crippen LogP contribution in [0.3, 0.4) is 0 Å². The molecule has 0 fully saturated rings. The van der Waals surface area contributed by atoms with Crippen LogP contribution in [0.5, 0.6) is 0 Å². The fourth-order valence-corrected chi connectivity index (χ4v) is 5.10. The lowest BCUT2D eigenvalue weighted by Crippen LogP contribution is -2.50. The molecule has 5 rings (SSSR count). The molecule has 0 spiro atoms. The van der Waals surface area contributed by atoms with Crippen LogP contribution < -0.4 is 0 Å². The van der Waals surface area contributed by atoms with E-state index in [0.717, 1.165) is 17.5 Å². The molecule has 0 bridgehead atoms. The standard InChI is InChI=1S/C27H27N3O3/c1-33-16-15-30-25(20-9-6-13-28-17-20)24(22-10-4-5-11-23(22)26(30)31)27(32)29-14-12-19-7-2-3-8-21(19)18-29/h2-11,13,17,24-25H,12,14-16,18H2,1H3/t24-,25-/m0/s1.